The summed E-state index contributed by atoms with van der Waals surface area (Å²) < 4.78 is 0. The number of carbonyl (C=O) groups excluding carboxylic acids is 3. The van der Waals surface area contributed by atoms with E-state index >= 15 is 0 Å². The third-order valence-electron chi connectivity index (χ3n) is 4.25. The number of amides is 3. The van der Waals surface area contributed by atoms with Gasteiger partial charge in [0.2, 0.25) is 17.7 Å². The maximum atomic E-state index is 12.6. The van der Waals surface area contributed by atoms with E-state index in [1.165, 1.54) is 0 Å². The number of carboxylic acids is 1. The lowest BCUT2D eigenvalue weighted by Crippen LogP contribution is -2.54. The quantitative estimate of drug-likeness (QED) is 0.102. The molecule has 12 heteroatoms. The van der Waals surface area contributed by atoms with Crippen LogP contribution in [-0.4, -0.2) is 66.0 Å². The summed E-state index contributed by atoms with van der Waals surface area (Å²) in [5.41, 5.74) is 15.5. The zero-order chi connectivity index (χ0) is 21.1. The number of nitrogens with two attached hydrogens (primary N) is 3. The molecule has 0 aromatic heterocycles. The Balaban J connectivity index is 2.73. The van der Waals surface area contributed by atoms with Crippen molar-refractivity contribution in [2.45, 2.75) is 56.7 Å². The molecule has 1 fully saturated rings. The first kappa shape index (κ1) is 23.1. The fourth-order valence-corrected chi connectivity index (χ4v) is 2.77. The second kappa shape index (κ2) is 11.7. The van der Waals surface area contributed by atoms with Crippen molar-refractivity contribution < 1.29 is 24.3 Å². The van der Waals surface area contributed by atoms with Crippen molar-refractivity contribution in [2.24, 2.45) is 22.2 Å². The number of nitrogens with one attached hydrogen (secondary N) is 3. The molecule has 3 atom stereocenters. The normalized spacial score (nSPS) is 17.9. The van der Waals surface area contributed by atoms with Gasteiger partial charge in [-0.3, -0.25) is 19.4 Å². The van der Waals surface area contributed by atoms with Gasteiger partial charge in [0.25, 0.3) is 0 Å². The van der Waals surface area contributed by atoms with Crippen LogP contribution >= 0.6 is 0 Å². The van der Waals surface area contributed by atoms with Gasteiger partial charge in [-0.25, -0.2) is 4.79 Å². The van der Waals surface area contributed by atoms with Crippen molar-refractivity contribution in [3.63, 3.8) is 0 Å². The summed E-state index contributed by atoms with van der Waals surface area (Å²) in [7, 11) is 0. The summed E-state index contributed by atoms with van der Waals surface area (Å²) >= 11 is 0. The summed E-state index contributed by atoms with van der Waals surface area (Å²) in [6.07, 6.45) is 1.79. The molecule has 3 unspecified atom stereocenters. The van der Waals surface area contributed by atoms with Crippen LogP contribution in [0.1, 0.15) is 38.5 Å². The number of hydrogen-bond acceptors (Lipinski definition) is 6. The Morgan fingerprint density at radius 3 is 2.36 bits per heavy atom. The number of guanidine groups is 1. The van der Waals surface area contributed by atoms with Crippen LogP contribution < -0.4 is 33.2 Å². The molecule has 0 aromatic carbocycles. The third kappa shape index (κ3) is 8.66. The molecule has 158 valence electrons. The molecule has 0 aromatic rings. The minimum atomic E-state index is -1.29. The highest BCUT2D eigenvalue weighted by molar-refractivity contribution is 5.92. The van der Waals surface area contributed by atoms with Crippen molar-refractivity contribution in [3.8, 4) is 0 Å². The SMILES string of the molecule is NC(=O)CCC(NC(=O)C(CCCN=C(N)N)NC(=O)C1CCCN1)C(=O)O. The van der Waals surface area contributed by atoms with Gasteiger partial charge >= 0.3 is 5.97 Å². The molecule has 1 rings (SSSR count). The molecular weight excluding hydrogens is 370 g/mol. The Hall–Kier alpha value is -2.89. The van der Waals surface area contributed by atoms with Crippen molar-refractivity contribution in [2.75, 3.05) is 13.1 Å². The van der Waals surface area contributed by atoms with Gasteiger partial charge in [-0.1, -0.05) is 0 Å². The van der Waals surface area contributed by atoms with Gasteiger partial charge in [-0.15, -0.1) is 0 Å². The zero-order valence-electron chi connectivity index (χ0n) is 15.6. The van der Waals surface area contributed by atoms with E-state index in [0.717, 1.165) is 6.42 Å². The summed E-state index contributed by atoms with van der Waals surface area (Å²) in [6, 6.07) is -2.64. The second-order valence-corrected chi connectivity index (χ2v) is 6.56. The maximum absolute atomic E-state index is 12.6. The molecule has 0 bridgehead atoms. The lowest BCUT2D eigenvalue weighted by molar-refractivity contribution is -0.142. The molecule has 1 heterocycles. The average molecular weight is 399 g/mol. The van der Waals surface area contributed by atoms with Crippen LogP contribution in [0.2, 0.25) is 0 Å². The molecule has 1 aliphatic heterocycles. The minimum absolute atomic E-state index is 0.0856. The highest BCUT2D eigenvalue weighted by Crippen LogP contribution is 2.07. The van der Waals surface area contributed by atoms with E-state index in [2.05, 4.69) is 20.9 Å². The molecule has 1 saturated heterocycles. The molecule has 0 radical (unpaired) electrons. The zero-order valence-corrected chi connectivity index (χ0v) is 15.6. The van der Waals surface area contributed by atoms with Gasteiger partial charge in [0.1, 0.15) is 12.1 Å². The second-order valence-electron chi connectivity index (χ2n) is 6.56. The molecule has 3 amide bonds. The first-order valence-corrected chi connectivity index (χ1v) is 9.11. The number of hydrogen-bond donors (Lipinski definition) is 7. The molecule has 0 saturated carbocycles. The highest BCUT2D eigenvalue weighted by Gasteiger charge is 2.29. The summed E-state index contributed by atoms with van der Waals surface area (Å²) in [4.78, 5) is 50.9. The van der Waals surface area contributed by atoms with E-state index in [1.54, 1.807) is 0 Å². The number of rotatable bonds is 12. The van der Waals surface area contributed by atoms with Crippen molar-refractivity contribution >= 4 is 29.7 Å². The first-order chi connectivity index (χ1) is 13.2. The van der Waals surface area contributed by atoms with Crippen molar-refractivity contribution in [1.82, 2.24) is 16.0 Å². The standard InChI is InChI=1S/C16H29N7O5/c17-12(24)6-5-11(15(27)28)23-14(26)10(4-2-8-21-16(18)19)22-13(25)9-3-1-7-20-9/h9-11,20H,1-8H2,(H2,17,24)(H,22,25)(H,23,26)(H,27,28)(H4,18,19,21). The maximum Gasteiger partial charge on any atom is 0.326 e. The van der Waals surface area contributed by atoms with Gasteiger partial charge in [0.05, 0.1) is 6.04 Å². The predicted molar refractivity (Wildman–Crippen MR) is 101 cm³/mol. The van der Waals surface area contributed by atoms with Crippen LogP contribution in [0.25, 0.3) is 0 Å². The van der Waals surface area contributed by atoms with E-state index in [1.807, 2.05) is 0 Å². The van der Waals surface area contributed by atoms with Crippen molar-refractivity contribution in [3.05, 3.63) is 0 Å². The molecule has 28 heavy (non-hydrogen) atoms. The van der Waals surface area contributed by atoms with E-state index in [9.17, 15) is 24.3 Å². The van der Waals surface area contributed by atoms with Crippen LogP contribution in [0.15, 0.2) is 4.99 Å². The number of aliphatic imine (C=N–C) groups is 1. The van der Waals surface area contributed by atoms with Crippen LogP contribution in [0.4, 0.5) is 0 Å². The van der Waals surface area contributed by atoms with E-state index < -0.39 is 35.9 Å². The number of carboxylic acid groups (broad SMARTS) is 1. The molecule has 10 N–H and O–H groups in total. The molecule has 0 aliphatic carbocycles. The topological polar surface area (TPSA) is 215 Å². The molecule has 0 spiro atoms. The molecule has 1 aliphatic rings. The minimum Gasteiger partial charge on any atom is -0.480 e. The number of nitrogens with zero attached hydrogens (tertiary/aromatic N) is 1. The average Bonchev–Trinajstić information content (AvgIpc) is 3.14. The van der Waals surface area contributed by atoms with Gasteiger partial charge in [-0.05, 0) is 38.6 Å². The van der Waals surface area contributed by atoms with Gasteiger partial charge in [0, 0.05) is 13.0 Å². The van der Waals surface area contributed by atoms with Crippen LogP contribution in [0.5, 0.6) is 0 Å². The Bertz CT molecular complexity index is 600. The van der Waals surface area contributed by atoms with Crippen molar-refractivity contribution in [1.29, 1.82) is 0 Å². The highest BCUT2D eigenvalue weighted by atomic mass is 16.4. The van der Waals surface area contributed by atoms with Gasteiger partial charge < -0.3 is 38.3 Å². The smallest absolute Gasteiger partial charge is 0.326 e. The van der Waals surface area contributed by atoms with Crippen LogP contribution in [0.3, 0.4) is 0 Å². The Morgan fingerprint density at radius 1 is 1.11 bits per heavy atom. The number of primary amides is 1. The predicted octanol–water partition coefficient (Wildman–Crippen LogP) is -2.89. The third-order valence-corrected chi connectivity index (χ3v) is 4.25. The van der Waals surface area contributed by atoms with Crippen LogP contribution in [-0.2, 0) is 19.2 Å². The fourth-order valence-electron chi connectivity index (χ4n) is 2.77. The van der Waals surface area contributed by atoms with E-state index in [4.69, 9.17) is 17.2 Å². The lowest BCUT2D eigenvalue weighted by atomic mass is 10.1. The van der Waals surface area contributed by atoms with Crippen LogP contribution in [0, 0.1) is 0 Å². The Kier molecular flexibility index (Phi) is 9.71. The monoisotopic (exact) mass is 399 g/mol. The first-order valence-electron chi connectivity index (χ1n) is 9.11. The Labute approximate surface area is 162 Å². The van der Waals surface area contributed by atoms with Gasteiger partial charge in [-0.2, -0.15) is 0 Å². The van der Waals surface area contributed by atoms with E-state index in [-0.39, 0.29) is 37.7 Å². The van der Waals surface area contributed by atoms with Gasteiger partial charge in [0.15, 0.2) is 5.96 Å². The lowest BCUT2D eigenvalue weighted by Gasteiger charge is -2.22. The fraction of sp³-hybridized carbons (Fsp3) is 0.688. The molecule has 12 nitrogen and oxygen atoms in total. The largest absolute Gasteiger partial charge is 0.480 e. The number of aliphatic carboxylic acids is 1. The Morgan fingerprint density at radius 2 is 1.82 bits per heavy atom. The summed E-state index contributed by atoms with van der Waals surface area (Å²) in [5.74, 6) is -3.04. The van der Waals surface area contributed by atoms with E-state index in [0.29, 0.717) is 19.4 Å². The summed E-state index contributed by atoms with van der Waals surface area (Å²) in [6.45, 7) is 0.974. The number of carbonyl (C=O) groups is 4. The molecular formula is C16H29N7O5. The summed E-state index contributed by atoms with van der Waals surface area (Å²) in [5, 5.41) is 17.3.